The van der Waals surface area contributed by atoms with Crippen molar-refractivity contribution in [1.29, 1.82) is 0 Å². The van der Waals surface area contributed by atoms with Gasteiger partial charge in [0, 0.05) is 44.1 Å². The number of nitrogens with two attached hydrogens (primary N) is 1. The molecule has 1 aliphatic heterocycles. The average Bonchev–Trinajstić information content (AvgIpc) is 2.76. The van der Waals surface area contributed by atoms with Crippen LogP contribution in [0.25, 0.3) is 0 Å². The van der Waals surface area contributed by atoms with Gasteiger partial charge in [0.15, 0.2) is 0 Å². The lowest BCUT2D eigenvalue weighted by Crippen LogP contribution is -2.30. The van der Waals surface area contributed by atoms with Gasteiger partial charge < -0.3 is 5.73 Å². The molecule has 1 aromatic carbocycles. The maximum Gasteiger partial charge on any atom is 0.0534 e. The maximum atomic E-state index is 6.06. The Morgan fingerprint density at radius 2 is 2.28 bits per heavy atom. The third kappa shape index (κ3) is 2.11. The zero-order valence-corrected chi connectivity index (χ0v) is 10.6. The Morgan fingerprint density at radius 3 is 3.06 bits per heavy atom. The fourth-order valence-electron chi connectivity index (χ4n) is 2.61. The second-order valence-corrected chi connectivity index (χ2v) is 4.97. The molecular weight excluding hydrogens is 224 g/mol. The van der Waals surface area contributed by atoms with Gasteiger partial charge in [-0.1, -0.05) is 12.1 Å². The predicted molar refractivity (Wildman–Crippen MR) is 71.9 cm³/mol. The number of aryl methyl sites for hydroxylation is 1. The quantitative estimate of drug-likeness (QED) is 0.813. The Labute approximate surface area is 107 Å². The monoisotopic (exact) mass is 242 g/mol. The van der Waals surface area contributed by atoms with Crippen LogP contribution in [0, 0.1) is 0 Å². The summed E-state index contributed by atoms with van der Waals surface area (Å²) in [6, 6.07) is 6.23. The van der Waals surface area contributed by atoms with Crippen LogP contribution in [0.15, 0.2) is 30.6 Å². The molecule has 1 aromatic heterocycles. The summed E-state index contributed by atoms with van der Waals surface area (Å²) in [6.45, 7) is 2.98. The number of nitrogen functional groups attached to an aromatic ring is 1. The number of nitrogens with zero attached hydrogens (tertiary/aromatic N) is 3. The minimum absolute atomic E-state index is 0.920. The molecule has 4 nitrogen and oxygen atoms in total. The summed E-state index contributed by atoms with van der Waals surface area (Å²) in [5.41, 5.74) is 10.9. The van der Waals surface area contributed by atoms with Gasteiger partial charge in [-0.2, -0.15) is 5.10 Å². The molecule has 0 unspecified atom stereocenters. The van der Waals surface area contributed by atoms with E-state index in [4.69, 9.17) is 5.73 Å². The van der Waals surface area contributed by atoms with Crippen LogP contribution in [0.4, 0.5) is 5.69 Å². The highest BCUT2D eigenvalue weighted by Crippen LogP contribution is 2.25. The smallest absolute Gasteiger partial charge is 0.0534 e. The second kappa shape index (κ2) is 4.46. The molecule has 0 bridgehead atoms. The Hall–Kier alpha value is -1.81. The van der Waals surface area contributed by atoms with Gasteiger partial charge in [-0.3, -0.25) is 9.58 Å². The van der Waals surface area contributed by atoms with Gasteiger partial charge in [-0.15, -0.1) is 0 Å². The number of fused-ring (bicyclic) bond motifs is 1. The van der Waals surface area contributed by atoms with Gasteiger partial charge in [0.1, 0.15) is 0 Å². The van der Waals surface area contributed by atoms with E-state index in [1.54, 1.807) is 0 Å². The third-order valence-electron chi connectivity index (χ3n) is 3.55. The molecule has 0 radical (unpaired) electrons. The lowest BCUT2D eigenvalue weighted by Gasteiger charge is -2.29. The van der Waals surface area contributed by atoms with E-state index in [1.807, 2.05) is 30.1 Å². The van der Waals surface area contributed by atoms with E-state index in [0.29, 0.717) is 0 Å². The minimum Gasteiger partial charge on any atom is -0.398 e. The van der Waals surface area contributed by atoms with Crippen molar-refractivity contribution in [3.63, 3.8) is 0 Å². The number of rotatable bonds is 2. The zero-order valence-electron chi connectivity index (χ0n) is 10.6. The molecule has 4 heteroatoms. The van der Waals surface area contributed by atoms with Crippen molar-refractivity contribution in [3.8, 4) is 0 Å². The standard InChI is InChI=1S/C14H18N4/c1-17-8-11(7-16-17)9-18-6-5-12-3-2-4-14(15)13(12)10-18/h2-4,7-8H,5-6,9-10,15H2,1H3. The first kappa shape index (κ1) is 11.3. The normalized spacial score (nSPS) is 15.6. The van der Waals surface area contributed by atoms with Gasteiger partial charge in [0.25, 0.3) is 0 Å². The largest absolute Gasteiger partial charge is 0.398 e. The summed E-state index contributed by atoms with van der Waals surface area (Å²) in [7, 11) is 1.95. The Balaban J connectivity index is 1.76. The SMILES string of the molecule is Cn1cc(CN2CCc3cccc(N)c3C2)cn1. The van der Waals surface area contributed by atoms with Gasteiger partial charge in [0.05, 0.1) is 6.20 Å². The number of hydrogen-bond donors (Lipinski definition) is 1. The highest BCUT2D eigenvalue weighted by Gasteiger charge is 2.18. The number of anilines is 1. The number of hydrogen-bond acceptors (Lipinski definition) is 3. The van der Waals surface area contributed by atoms with E-state index >= 15 is 0 Å². The van der Waals surface area contributed by atoms with Crippen molar-refractivity contribution in [2.45, 2.75) is 19.5 Å². The second-order valence-electron chi connectivity index (χ2n) is 4.97. The van der Waals surface area contributed by atoms with Crippen LogP contribution in [0.3, 0.4) is 0 Å². The van der Waals surface area contributed by atoms with Crippen LogP contribution in [0.1, 0.15) is 16.7 Å². The highest BCUT2D eigenvalue weighted by atomic mass is 15.2. The molecule has 2 aromatic rings. The van der Waals surface area contributed by atoms with Crippen molar-refractivity contribution in [1.82, 2.24) is 14.7 Å². The molecule has 0 aliphatic carbocycles. The fraction of sp³-hybridized carbons (Fsp3) is 0.357. The van der Waals surface area contributed by atoms with E-state index in [1.165, 1.54) is 16.7 Å². The summed E-state index contributed by atoms with van der Waals surface area (Å²) >= 11 is 0. The molecule has 1 aliphatic rings. The van der Waals surface area contributed by atoms with Crippen LogP contribution < -0.4 is 5.73 Å². The molecule has 3 rings (SSSR count). The van der Waals surface area contributed by atoms with Crippen LogP contribution >= 0.6 is 0 Å². The van der Waals surface area contributed by atoms with Crippen molar-refractivity contribution >= 4 is 5.69 Å². The Bertz CT molecular complexity index is 559. The van der Waals surface area contributed by atoms with Crippen molar-refractivity contribution in [2.24, 2.45) is 7.05 Å². The molecule has 18 heavy (non-hydrogen) atoms. The van der Waals surface area contributed by atoms with Crippen LogP contribution in [-0.4, -0.2) is 21.2 Å². The Morgan fingerprint density at radius 1 is 1.39 bits per heavy atom. The van der Waals surface area contributed by atoms with Crippen LogP contribution in [-0.2, 0) is 26.6 Å². The molecule has 2 N–H and O–H groups in total. The van der Waals surface area contributed by atoms with Crippen LogP contribution in [0.2, 0.25) is 0 Å². The first-order valence-electron chi connectivity index (χ1n) is 6.28. The van der Waals surface area contributed by atoms with Crippen LogP contribution in [0.5, 0.6) is 0 Å². The fourth-order valence-corrected chi connectivity index (χ4v) is 2.61. The summed E-state index contributed by atoms with van der Waals surface area (Å²) in [6.07, 6.45) is 5.09. The van der Waals surface area contributed by atoms with E-state index in [0.717, 1.165) is 31.7 Å². The van der Waals surface area contributed by atoms with Gasteiger partial charge >= 0.3 is 0 Å². The van der Waals surface area contributed by atoms with Gasteiger partial charge in [0.2, 0.25) is 0 Å². The molecule has 94 valence electrons. The number of aromatic nitrogens is 2. The zero-order chi connectivity index (χ0) is 12.5. The number of benzene rings is 1. The molecule has 2 heterocycles. The molecule has 0 saturated heterocycles. The molecule has 0 spiro atoms. The molecule has 0 saturated carbocycles. The first-order valence-corrected chi connectivity index (χ1v) is 6.28. The van der Waals surface area contributed by atoms with E-state index < -0.39 is 0 Å². The van der Waals surface area contributed by atoms with Crippen molar-refractivity contribution < 1.29 is 0 Å². The van der Waals surface area contributed by atoms with E-state index in [9.17, 15) is 0 Å². The highest BCUT2D eigenvalue weighted by molar-refractivity contribution is 5.51. The minimum atomic E-state index is 0.920. The third-order valence-corrected chi connectivity index (χ3v) is 3.55. The van der Waals surface area contributed by atoms with Crippen molar-refractivity contribution in [2.75, 3.05) is 12.3 Å². The summed E-state index contributed by atoms with van der Waals surface area (Å²) in [4.78, 5) is 2.43. The lowest BCUT2D eigenvalue weighted by atomic mass is 9.98. The summed E-state index contributed by atoms with van der Waals surface area (Å²) in [5.74, 6) is 0. The van der Waals surface area contributed by atoms with E-state index in [2.05, 4.69) is 22.3 Å². The molecule has 0 amide bonds. The molecule has 0 fully saturated rings. The average molecular weight is 242 g/mol. The summed E-state index contributed by atoms with van der Waals surface area (Å²) < 4.78 is 1.85. The Kier molecular flexibility index (Phi) is 2.80. The molecular formula is C14H18N4. The van der Waals surface area contributed by atoms with Gasteiger partial charge in [-0.05, 0) is 23.6 Å². The lowest BCUT2D eigenvalue weighted by molar-refractivity contribution is 0.246. The summed E-state index contributed by atoms with van der Waals surface area (Å²) in [5, 5.41) is 4.21. The maximum absolute atomic E-state index is 6.06. The van der Waals surface area contributed by atoms with Crippen molar-refractivity contribution in [3.05, 3.63) is 47.3 Å². The topological polar surface area (TPSA) is 47.1 Å². The molecule has 0 atom stereocenters. The van der Waals surface area contributed by atoms with Gasteiger partial charge in [-0.25, -0.2) is 0 Å². The first-order chi connectivity index (χ1) is 8.72. The van der Waals surface area contributed by atoms with E-state index in [-0.39, 0.29) is 0 Å². The predicted octanol–water partition coefficient (Wildman–Crippen LogP) is 1.56.